The Kier molecular flexibility index (Phi) is 4.05. The van der Waals surface area contributed by atoms with Crippen LogP contribution in [0.5, 0.6) is 0 Å². The van der Waals surface area contributed by atoms with Crippen LogP contribution in [0.2, 0.25) is 0 Å². The zero-order chi connectivity index (χ0) is 14.5. The molecule has 0 unspecified atom stereocenters. The van der Waals surface area contributed by atoms with Crippen LogP contribution >= 0.6 is 11.8 Å². The Morgan fingerprint density at radius 3 is 2.80 bits per heavy atom. The predicted molar refractivity (Wildman–Crippen MR) is 69.6 cm³/mol. The lowest BCUT2D eigenvalue weighted by atomic mass is 10.2. The number of rotatable bonds is 4. The smallest absolute Gasteiger partial charge is 0.302 e. The molecule has 2 rings (SSSR count). The van der Waals surface area contributed by atoms with Gasteiger partial charge >= 0.3 is 5.69 Å². The molecular weight excluding hydrogens is 284 g/mol. The van der Waals surface area contributed by atoms with Gasteiger partial charge in [0.05, 0.1) is 11.1 Å². The number of pyridine rings is 1. The van der Waals surface area contributed by atoms with Crippen molar-refractivity contribution >= 4 is 23.3 Å². The molecule has 0 atom stereocenters. The summed E-state index contributed by atoms with van der Waals surface area (Å²) in [5, 5.41) is 23.0. The largest absolute Gasteiger partial charge is 0.409 e. The molecule has 10 heteroatoms. The number of nitrogens with zero attached hydrogens (tertiary/aromatic N) is 5. The van der Waals surface area contributed by atoms with Gasteiger partial charge in [-0.25, -0.2) is 9.97 Å². The summed E-state index contributed by atoms with van der Waals surface area (Å²) in [6, 6.07) is 1.18. The number of nitro groups is 1. The highest BCUT2D eigenvalue weighted by Crippen LogP contribution is 2.31. The maximum atomic E-state index is 11.0. The summed E-state index contributed by atoms with van der Waals surface area (Å²) in [6.07, 6.45) is 5.71. The van der Waals surface area contributed by atoms with Crippen LogP contribution in [-0.4, -0.2) is 30.9 Å². The molecule has 9 nitrogen and oxygen atoms in total. The number of oxime groups is 1. The maximum Gasteiger partial charge on any atom is 0.302 e. The van der Waals surface area contributed by atoms with Crippen LogP contribution in [-0.2, 0) is 0 Å². The van der Waals surface area contributed by atoms with Gasteiger partial charge in [0.25, 0.3) is 0 Å². The molecule has 0 aromatic carbocycles. The molecule has 0 radical (unpaired) electrons. The van der Waals surface area contributed by atoms with E-state index in [9.17, 15) is 10.1 Å². The fraction of sp³-hybridized carbons (Fsp3) is 0. The molecule has 0 aliphatic carbocycles. The Morgan fingerprint density at radius 1 is 1.40 bits per heavy atom. The third-order valence-electron chi connectivity index (χ3n) is 2.17. The number of aromatic nitrogens is 3. The highest BCUT2D eigenvalue weighted by atomic mass is 32.2. The van der Waals surface area contributed by atoms with E-state index in [4.69, 9.17) is 10.9 Å². The third-order valence-corrected chi connectivity index (χ3v) is 3.10. The minimum Gasteiger partial charge on any atom is -0.409 e. The summed E-state index contributed by atoms with van der Waals surface area (Å²) < 4.78 is 0. The third kappa shape index (κ3) is 2.98. The molecule has 0 fully saturated rings. The minimum atomic E-state index is -0.597. The van der Waals surface area contributed by atoms with Crippen molar-refractivity contribution < 1.29 is 10.1 Å². The molecule has 0 saturated heterocycles. The average Bonchev–Trinajstić information content (AvgIpc) is 2.47. The van der Waals surface area contributed by atoms with Gasteiger partial charge in [-0.2, -0.15) is 0 Å². The van der Waals surface area contributed by atoms with Crippen molar-refractivity contribution in [3.05, 3.63) is 46.5 Å². The van der Waals surface area contributed by atoms with Crippen molar-refractivity contribution in [2.24, 2.45) is 10.9 Å². The monoisotopic (exact) mass is 292 g/mol. The molecule has 2 aromatic heterocycles. The quantitative estimate of drug-likeness (QED) is 0.280. The van der Waals surface area contributed by atoms with E-state index in [0.717, 1.165) is 11.8 Å². The van der Waals surface area contributed by atoms with Crippen molar-refractivity contribution in [1.29, 1.82) is 0 Å². The van der Waals surface area contributed by atoms with Gasteiger partial charge in [0.1, 0.15) is 5.03 Å². The van der Waals surface area contributed by atoms with Crippen molar-refractivity contribution in [3.8, 4) is 0 Å². The molecule has 20 heavy (non-hydrogen) atoms. The Morgan fingerprint density at radius 2 is 2.20 bits per heavy atom. The summed E-state index contributed by atoms with van der Waals surface area (Å²) >= 11 is 1.00. The Bertz CT molecular complexity index is 663. The van der Waals surface area contributed by atoms with Gasteiger partial charge in [0.15, 0.2) is 10.9 Å². The van der Waals surface area contributed by atoms with E-state index < -0.39 is 4.92 Å². The van der Waals surface area contributed by atoms with Crippen LogP contribution in [0.1, 0.15) is 5.56 Å². The normalized spacial score (nSPS) is 11.3. The van der Waals surface area contributed by atoms with Crippen molar-refractivity contribution in [2.75, 3.05) is 0 Å². The Labute approximate surface area is 116 Å². The van der Waals surface area contributed by atoms with Crippen molar-refractivity contribution in [1.82, 2.24) is 15.0 Å². The first-order chi connectivity index (χ1) is 9.61. The maximum absolute atomic E-state index is 11.0. The van der Waals surface area contributed by atoms with Crippen LogP contribution in [0.3, 0.4) is 0 Å². The first kappa shape index (κ1) is 13.7. The SMILES string of the molecule is N/C(=N/O)c1cnc(Sc2cnccn2)c([N+](=O)[O-])c1. The van der Waals surface area contributed by atoms with Crippen LogP contribution in [0.15, 0.2) is 46.1 Å². The number of nitrogens with two attached hydrogens (primary N) is 1. The minimum absolute atomic E-state index is 0.144. The molecule has 0 amide bonds. The van der Waals surface area contributed by atoms with Gasteiger partial charge in [0.2, 0.25) is 0 Å². The van der Waals surface area contributed by atoms with E-state index in [1.165, 1.54) is 30.9 Å². The van der Waals surface area contributed by atoms with Crippen LogP contribution in [0, 0.1) is 10.1 Å². The molecule has 2 aromatic rings. The van der Waals surface area contributed by atoms with E-state index in [1.54, 1.807) is 0 Å². The second-order valence-electron chi connectivity index (χ2n) is 3.44. The highest BCUT2D eigenvalue weighted by Gasteiger charge is 2.19. The molecule has 0 spiro atoms. The first-order valence-electron chi connectivity index (χ1n) is 5.18. The average molecular weight is 292 g/mol. The molecule has 0 bridgehead atoms. The lowest BCUT2D eigenvalue weighted by Crippen LogP contribution is -2.14. The van der Waals surface area contributed by atoms with Gasteiger partial charge in [-0.1, -0.05) is 5.16 Å². The first-order valence-corrected chi connectivity index (χ1v) is 5.99. The summed E-state index contributed by atoms with van der Waals surface area (Å²) in [6.45, 7) is 0. The zero-order valence-corrected chi connectivity index (χ0v) is 10.7. The number of amidine groups is 1. The second kappa shape index (κ2) is 5.93. The summed E-state index contributed by atoms with van der Waals surface area (Å²) in [5.74, 6) is -0.253. The van der Waals surface area contributed by atoms with E-state index in [1.807, 2.05) is 0 Å². The highest BCUT2D eigenvalue weighted by molar-refractivity contribution is 7.99. The fourth-order valence-electron chi connectivity index (χ4n) is 1.29. The van der Waals surface area contributed by atoms with Crippen LogP contribution in [0.4, 0.5) is 5.69 Å². The topological polar surface area (TPSA) is 140 Å². The second-order valence-corrected chi connectivity index (χ2v) is 4.45. The van der Waals surface area contributed by atoms with E-state index in [-0.39, 0.29) is 22.1 Å². The standard InChI is InChI=1S/C10H8N6O3S/c11-9(15-17)6-3-7(16(18)19)10(14-4-6)20-8-5-12-1-2-13-8/h1-5,17H,(H2,11,15). The molecular formula is C10H8N6O3S. The van der Waals surface area contributed by atoms with E-state index in [0.29, 0.717) is 5.03 Å². The molecule has 102 valence electrons. The number of hydrogen-bond donors (Lipinski definition) is 2. The zero-order valence-electron chi connectivity index (χ0n) is 9.87. The molecule has 2 heterocycles. The van der Waals surface area contributed by atoms with Crippen molar-refractivity contribution in [3.63, 3.8) is 0 Å². The summed E-state index contributed by atoms with van der Waals surface area (Å²) in [7, 11) is 0. The fourth-order valence-corrected chi connectivity index (χ4v) is 2.05. The van der Waals surface area contributed by atoms with E-state index >= 15 is 0 Å². The summed E-state index contributed by atoms with van der Waals surface area (Å²) in [5.41, 5.74) is 5.27. The van der Waals surface area contributed by atoms with Crippen LogP contribution in [0.25, 0.3) is 0 Å². The van der Waals surface area contributed by atoms with Gasteiger partial charge in [-0.3, -0.25) is 15.1 Å². The Balaban J connectivity index is 2.41. The van der Waals surface area contributed by atoms with Gasteiger partial charge in [-0.15, -0.1) is 0 Å². The van der Waals surface area contributed by atoms with Crippen molar-refractivity contribution in [2.45, 2.75) is 10.1 Å². The molecule has 0 aliphatic heterocycles. The number of hydrogen-bond acceptors (Lipinski definition) is 8. The summed E-state index contributed by atoms with van der Waals surface area (Å²) in [4.78, 5) is 22.3. The van der Waals surface area contributed by atoms with Gasteiger partial charge in [-0.05, 0) is 11.8 Å². The predicted octanol–water partition coefficient (Wildman–Crippen LogP) is 1.03. The molecule has 3 N–H and O–H groups in total. The van der Waals surface area contributed by atoms with Crippen LogP contribution < -0.4 is 5.73 Å². The molecule has 0 saturated carbocycles. The van der Waals surface area contributed by atoms with Gasteiger partial charge < -0.3 is 10.9 Å². The molecule has 0 aliphatic rings. The Hall–Kier alpha value is -2.75. The van der Waals surface area contributed by atoms with Gasteiger partial charge in [0, 0.05) is 30.2 Å². The lowest BCUT2D eigenvalue weighted by molar-refractivity contribution is -0.388. The van der Waals surface area contributed by atoms with E-state index in [2.05, 4.69) is 20.1 Å². The lowest BCUT2D eigenvalue weighted by Gasteiger charge is -2.03.